The smallest absolute Gasteiger partial charge is 0.335 e. The molecule has 0 aliphatic heterocycles. The minimum atomic E-state index is -0.937. The van der Waals surface area contributed by atoms with Crippen molar-refractivity contribution < 1.29 is 14.3 Å². The number of carboxylic acid groups (broad SMARTS) is 1. The van der Waals surface area contributed by atoms with Crippen LogP contribution in [0.3, 0.4) is 0 Å². The Bertz CT molecular complexity index is 589. The van der Waals surface area contributed by atoms with Gasteiger partial charge in [0.2, 0.25) is 0 Å². The van der Waals surface area contributed by atoms with Crippen molar-refractivity contribution in [3.8, 4) is 0 Å². The van der Waals surface area contributed by atoms with E-state index in [1.54, 1.807) is 18.2 Å². The molecule has 0 bridgehead atoms. The van der Waals surface area contributed by atoms with Crippen molar-refractivity contribution in [2.45, 2.75) is 58.3 Å². The number of aromatic nitrogens is 1. The first-order chi connectivity index (χ1) is 10.2. The average Bonchev–Trinajstić information content (AvgIpc) is 2.88. The van der Waals surface area contributed by atoms with Crippen molar-refractivity contribution in [3.63, 3.8) is 0 Å². The molecule has 0 spiro atoms. The van der Waals surface area contributed by atoms with E-state index < -0.39 is 5.97 Å². The molecule has 0 aliphatic rings. The average molecular weight is 289 g/mol. The molecule has 0 fully saturated rings. The fraction of sp³-hybridized carbons (Fsp3) is 0.529. The highest BCUT2D eigenvalue weighted by Crippen LogP contribution is 2.19. The van der Waals surface area contributed by atoms with Crippen LogP contribution >= 0.6 is 0 Å². The molecule has 1 aromatic carbocycles. The summed E-state index contributed by atoms with van der Waals surface area (Å²) in [5.41, 5.74) is 1.55. The quantitative estimate of drug-likeness (QED) is 0.672. The number of aromatic carboxylic acids is 1. The second kappa shape index (κ2) is 7.81. The van der Waals surface area contributed by atoms with Gasteiger partial charge in [-0.25, -0.2) is 9.78 Å². The van der Waals surface area contributed by atoms with Gasteiger partial charge in [-0.3, -0.25) is 0 Å². The highest BCUT2D eigenvalue weighted by molar-refractivity contribution is 5.91. The summed E-state index contributed by atoms with van der Waals surface area (Å²) >= 11 is 0. The van der Waals surface area contributed by atoms with Crippen molar-refractivity contribution >= 4 is 17.1 Å². The lowest BCUT2D eigenvalue weighted by Crippen LogP contribution is -1.94. The van der Waals surface area contributed by atoms with E-state index in [0.717, 1.165) is 12.8 Å². The SMILES string of the molecule is CCCCCCCCCc1nc2cc(C(=O)O)ccc2o1. The van der Waals surface area contributed by atoms with Gasteiger partial charge in [0.1, 0.15) is 5.52 Å². The number of hydrogen-bond donors (Lipinski definition) is 1. The third-order valence-electron chi connectivity index (χ3n) is 3.67. The van der Waals surface area contributed by atoms with Crippen LogP contribution in [0.2, 0.25) is 0 Å². The minimum absolute atomic E-state index is 0.248. The molecule has 114 valence electrons. The van der Waals surface area contributed by atoms with Gasteiger partial charge < -0.3 is 9.52 Å². The number of hydrogen-bond acceptors (Lipinski definition) is 3. The van der Waals surface area contributed by atoms with E-state index in [4.69, 9.17) is 9.52 Å². The van der Waals surface area contributed by atoms with Gasteiger partial charge in [-0.2, -0.15) is 0 Å². The molecule has 0 radical (unpaired) electrons. The van der Waals surface area contributed by atoms with Crippen molar-refractivity contribution in [1.82, 2.24) is 4.98 Å². The maximum absolute atomic E-state index is 10.9. The third-order valence-corrected chi connectivity index (χ3v) is 3.67. The van der Waals surface area contributed by atoms with E-state index in [1.165, 1.54) is 38.5 Å². The summed E-state index contributed by atoms with van der Waals surface area (Å²) in [6.45, 7) is 2.23. The molecule has 2 rings (SSSR count). The van der Waals surface area contributed by atoms with E-state index in [0.29, 0.717) is 17.0 Å². The molecular weight excluding hydrogens is 266 g/mol. The summed E-state index contributed by atoms with van der Waals surface area (Å²) < 4.78 is 5.64. The van der Waals surface area contributed by atoms with Gasteiger partial charge in [0.25, 0.3) is 0 Å². The molecular formula is C17H23NO3. The number of carboxylic acids is 1. The van der Waals surface area contributed by atoms with Crippen molar-refractivity contribution in [2.75, 3.05) is 0 Å². The van der Waals surface area contributed by atoms with Crippen LogP contribution in [-0.4, -0.2) is 16.1 Å². The van der Waals surface area contributed by atoms with Crippen molar-refractivity contribution in [2.24, 2.45) is 0 Å². The highest BCUT2D eigenvalue weighted by Gasteiger charge is 2.09. The number of oxazole rings is 1. The summed E-state index contributed by atoms with van der Waals surface area (Å²) in [7, 11) is 0. The number of carbonyl (C=O) groups is 1. The Hall–Kier alpha value is -1.84. The summed E-state index contributed by atoms with van der Waals surface area (Å²) in [6, 6.07) is 4.79. The topological polar surface area (TPSA) is 63.3 Å². The monoisotopic (exact) mass is 289 g/mol. The normalized spacial score (nSPS) is 11.1. The fourth-order valence-electron chi connectivity index (χ4n) is 2.45. The van der Waals surface area contributed by atoms with Crippen LogP contribution in [0.25, 0.3) is 11.1 Å². The Labute approximate surface area is 125 Å². The zero-order chi connectivity index (χ0) is 15.1. The predicted octanol–water partition coefficient (Wildman–Crippen LogP) is 4.82. The molecule has 4 heteroatoms. The Morgan fingerprint density at radius 1 is 1.14 bits per heavy atom. The molecule has 21 heavy (non-hydrogen) atoms. The largest absolute Gasteiger partial charge is 0.478 e. The zero-order valence-corrected chi connectivity index (χ0v) is 12.6. The number of aryl methyl sites for hydroxylation is 1. The first kappa shape index (κ1) is 15.5. The lowest BCUT2D eigenvalue weighted by atomic mass is 10.1. The minimum Gasteiger partial charge on any atom is -0.478 e. The standard InChI is InChI=1S/C17H23NO3/c1-2-3-4-5-6-7-8-9-16-18-14-12-13(17(19)20)10-11-15(14)21-16/h10-12H,2-9H2,1H3,(H,19,20). The summed E-state index contributed by atoms with van der Waals surface area (Å²) in [5, 5.41) is 8.95. The Morgan fingerprint density at radius 2 is 1.86 bits per heavy atom. The van der Waals surface area contributed by atoms with Crippen LogP contribution < -0.4 is 0 Å². The molecule has 0 saturated carbocycles. The van der Waals surface area contributed by atoms with Gasteiger partial charge >= 0.3 is 5.97 Å². The van der Waals surface area contributed by atoms with Crippen LogP contribution in [0.4, 0.5) is 0 Å². The fourth-order valence-corrected chi connectivity index (χ4v) is 2.45. The number of benzene rings is 1. The molecule has 1 N–H and O–H groups in total. The maximum Gasteiger partial charge on any atom is 0.335 e. The Balaban J connectivity index is 1.81. The van der Waals surface area contributed by atoms with E-state index in [1.807, 2.05) is 0 Å². The van der Waals surface area contributed by atoms with Gasteiger partial charge in [0.15, 0.2) is 11.5 Å². The van der Waals surface area contributed by atoms with Crippen LogP contribution in [0.5, 0.6) is 0 Å². The molecule has 0 saturated heterocycles. The van der Waals surface area contributed by atoms with Crippen molar-refractivity contribution in [3.05, 3.63) is 29.7 Å². The highest BCUT2D eigenvalue weighted by atomic mass is 16.4. The maximum atomic E-state index is 10.9. The van der Waals surface area contributed by atoms with Gasteiger partial charge in [0, 0.05) is 6.42 Å². The second-order valence-corrected chi connectivity index (χ2v) is 5.47. The van der Waals surface area contributed by atoms with E-state index >= 15 is 0 Å². The second-order valence-electron chi connectivity index (χ2n) is 5.47. The molecule has 1 aromatic heterocycles. The lowest BCUT2D eigenvalue weighted by Gasteiger charge is -1.99. The molecule has 0 atom stereocenters. The first-order valence-corrected chi connectivity index (χ1v) is 7.83. The summed E-state index contributed by atoms with van der Waals surface area (Å²) in [6.07, 6.45) is 9.61. The number of unbranched alkanes of at least 4 members (excludes halogenated alkanes) is 6. The number of rotatable bonds is 9. The van der Waals surface area contributed by atoms with Gasteiger partial charge in [0.05, 0.1) is 5.56 Å². The summed E-state index contributed by atoms with van der Waals surface area (Å²) in [4.78, 5) is 15.3. The van der Waals surface area contributed by atoms with Gasteiger partial charge in [-0.15, -0.1) is 0 Å². The van der Waals surface area contributed by atoms with Gasteiger partial charge in [-0.1, -0.05) is 45.4 Å². The van der Waals surface area contributed by atoms with Crippen LogP contribution in [0.1, 0.15) is 68.1 Å². The van der Waals surface area contributed by atoms with E-state index in [9.17, 15) is 4.79 Å². The first-order valence-electron chi connectivity index (χ1n) is 7.83. The molecule has 1 heterocycles. The number of fused-ring (bicyclic) bond motifs is 1. The molecule has 2 aromatic rings. The van der Waals surface area contributed by atoms with Crippen molar-refractivity contribution in [1.29, 1.82) is 0 Å². The Morgan fingerprint density at radius 3 is 2.57 bits per heavy atom. The number of nitrogens with zero attached hydrogens (tertiary/aromatic N) is 1. The zero-order valence-electron chi connectivity index (χ0n) is 12.6. The molecule has 0 aliphatic carbocycles. The van der Waals surface area contributed by atoms with Crippen LogP contribution in [0, 0.1) is 0 Å². The van der Waals surface area contributed by atoms with E-state index in [-0.39, 0.29) is 5.56 Å². The predicted molar refractivity (Wildman–Crippen MR) is 82.7 cm³/mol. The molecule has 4 nitrogen and oxygen atoms in total. The third kappa shape index (κ3) is 4.59. The van der Waals surface area contributed by atoms with Gasteiger partial charge in [-0.05, 0) is 24.6 Å². The Kier molecular flexibility index (Phi) is 5.78. The van der Waals surface area contributed by atoms with Crippen LogP contribution in [-0.2, 0) is 6.42 Å². The van der Waals surface area contributed by atoms with Crippen LogP contribution in [0.15, 0.2) is 22.6 Å². The molecule has 0 unspecified atom stereocenters. The molecule has 0 amide bonds. The lowest BCUT2D eigenvalue weighted by molar-refractivity contribution is 0.0697. The van der Waals surface area contributed by atoms with E-state index in [2.05, 4.69) is 11.9 Å². The summed E-state index contributed by atoms with van der Waals surface area (Å²) in [5.74, 6) is -0.227.